The van der Waals surface area contributed by atoms with Crippen LogP contribution in [-0.2, 0) is 11.3 Å². The highest BCUT2D eigenvalue weighted by molar-refractivity contribution is 6.34. The second-order valence-corrected chi connectivity index (χ2v) is 5.06. The molecule has 0 aliphatic carbocycles. The van der Waals surface area contributed by atoms with Gasteiger partial charge in [-0.05, 0) is 12.1 Å². The van der Waals surface area contributed by atoms with Crippen LogP contribution in [0.15, 0.2) is 30.6 Å². The van der Waals surface area contributed by atoms with Crippen LogP contribution in [0.4, 0.5) is 0 Å². The minimum absolute atomic E-state index is 0.222. The number of nitrogens with zero attached hydrogens (tertiary/aromatic N) is 2. The smallest absolute Gasteiger partial charge is 0.321 e. The van der Waals surface area contributed by atoms with E-state index < -0.39 is 0 Å². The Hall–Kier alpha value is -1.40. The molecule has 1 N–H and O–H groups in total. The van der Waals surface area contributed by atoms with Gasteiger partial charge in [-0.25, -0.2) is 9.97 Å². The Balaban J connectivity index is 1.94. The number of ether oxygens (including phenoxy) is 2. The normalized spacial score (nSPS) is 10.6. The quantitative estimate of drug-likeness (QED) is 0.790. The summed E-state index contributed by atoms with van der Waals surface area (Å²) in [7, 11) is 1.66. The van der Waals surface area contributed by atoms with Crippen molar-refractivity contribution in [3.8, 4) is 11.8 Å². The number of aromatic nitrogens is 2. The minimum Gasteiger partial charge on any atom is -0.423 e. The van der Waals surface area contributed by atoms with Crippen LogP contribution in [0.3, 0.4) is 0 Å². The molecule has 0 saturated heterocycles. The van der Waals surface area contributed by atoms with Crippen LogP contribution in [-0.4, -0.2) is 30.2 Å². The molecule has 0 aliphatic rings. The van der Waals surface area contributed by atoms with Crippen LogP contribution >= 0.6 is 23.2 Å². The first kappa shape index (κ1) is 16.0. The van der Waals surface area contributed by atoms with Crippen molar-refractivity contribution in [3.05, 3.63) is 46.2 Å². The van der Waals surface area contributed by atoms with E-state index in [-0.39, 0.29) is 6.01 Å². The summed E-state index contributed by atoms with van der Waals surface area (Å²) in [6.07, 6.45) is 3.39. The summed E-state index contributed by atoms with van der Waals surface area (Å²) in [6.45, 7) is 2.10. The van der Waals surface area contributed by atoms with Gasteiger partial charge >= 0.3 is 6.01 Å². The zero-order valence-electron chi connectivity index (χ0n) is 11.5. The zero-order chi connectivity index (χ0) is 15.1. The van der Waals surface area contributed by atoms with Gasteiger partial charge in [-0.1, -0.05) is 23.2 Å². The standard InChI is InChI=1S/C14H15Cl2N3O2/c1-20-5-4-17-7-10-8-18-14(19-9-10)21-13-6-11(15)2-3-12(13)16/h2-3,6,8-9,17H,4-5,7H2,1H3. The lowest BCUT2D eigenvalue weighted by atomic mass is 10.3. The number of rotatable bonds is 7. The van der Waals surface area contributed by atoms with Crippen LogP contribution < -0.4 is 10.1 Å². The van der Waals surface area contributed by atoms with Gasteiger partial charge in [0.1, 0.15) is 0 Å². The molecule has 112 valence electrons. The average molecular weight is 328 g/mol. The van der Waals surface area contributed by atoms with Crippen molar-refractivity contribution in [2.24, 2.45) is 0 Å². The lowest BCUT2D eigenvalue weighted by Crippen LogP contribution is -2.18. The van der Waals surface area contributed by atoms with Crippen molar-refractivity contribution in [3.63, 3.8) is 0 Å². The number of halogens is 2. The molecular weight excluding hydrogens is 313 g/mol. The van der Waals surface area contributed by atoms with Crippen molar-refractivity contribution in [2.75, 3.05) is 20.3 Å². The second-order valence-electron chi connectivity index (χ2n) is 4.22. The Kier molecular flexibility index (Phi) is 6.20. The third-order valence-corrected chi connectivity index (χ3v) is 3.14. The van der Waals surface area contributed by atoms with E-state index in [4.69, 9.17) is 32.7 Å². The average Bonchev–Trinajstić information content (AvgIpc) is 2.49. The first-order valence-corrected chi connectivity index (χ1v) is 7.08. The van der Waals surface area contributed by atoms with E-state index in [1.165, 1.54) is 0 Å². The highest BCUT2D eigenvalue weighted by Gasteiger charge is 2.06. The molecule has 1 heterocycles. The maximum atomic E-state index is 6.01. The molecule has 21 heavy (non-hydrogen) atoms. The minimum atomic E-state index is 0.222. The predicted molar refractivity (Wildman–Crippen MR) is 82.2 cm³/mol. The van der Waals surface area contributed by atoms with Crippen LogP contribution in [0.25, 0.3) is 0 Å². The van der Waals surface area contributed by atoms with E-state index in [0.717, 1.165) is 12.1 Å². The molecule has 0 fully saturated rings. The molecule has 0 saturated carbocycles. The van der Waals surface area contributed by atoms with Gasteiger partial charge < -0.3 is 14.8 Å². The lowest BCUT2D eigenvalue weighted by molar-refractivity contribution is 0.199. The Bertz CT molecular complexity index is 579. The van der Waals surface area contributed by atoms with Crippen LogP contribution in [0, 0.1) is 0 Å². The number of methoxy groups -OCH3 is 1. The monoisotopic (exact) mass is 327 g/mol. The molecule has 2 rings (SSSR count). The summed E-state index contributed by atoms with van der Waals surface area (Å²) < 4.78 is 10.5. The van der Waals surface area contributed by atoms with Gasteiger partial charge in [0.15, 0.2) is 5.75 Å². The third kappa shape index (κ3) is 5.13. The van der Waals surface area contributed by atoms with E-state index in [1.807, 2.05) is 0 Å². The molecule has 5 nitrogen and oxygen atoms in total. The van der Waals surface area contributed by atoms with E-state index in [9.17, 15) is 0 Å². The predicted octanol–water partition coefficient (Wildman–Crippen LogP) is 3.31. The summed E-state index contributed by atoms with van der Waals surface area (Å²) in [5.41, 5.74) is 0.954. The molecule has 0 spiro atoms. The van der Waals surface area contributed by atoms with Crippen LogP contribution in [0.1, 0.15) is 5.56 Å². The Morgan fingerprint density at radius 2 is 1.95 bits per heavy atom. The van der Waals surface area contributed by atoms with Gasteiger partial charge in [0.25, 0.3) is 0 Å². The molecule has 1 aromatic heterocycles. The summed E-state index contributed by atoms with van der Waals surface area (Å²) in [5, 5.41) is 4.19. The highest BCUT2D eigenvalue weighted by atomic mass is 35.5. The van der Waals surface area contributed by atoms with Gasteiger partial charge in [0.05, 0.1) is 11.6 Å². The molecule has 0 aliphatic heterocycles. The summed E-state index contributed by atoms with van der Waals surface area (Å²) in [5.74, 6) is 0.426. The molecule has 0 amide bonds. The molecule has 7 heteroatoms. The molecule has 0 radical (unpaired) electrons. The van der Waals surface area contributed by atoms with Gasteiger partial charge in [0, 0.05) is 49.2 Å². The maximum absolute atomic E-state index is 6.01. The largest absolute Gasteiger partial charge is 0.423 e. The first-order valence-electron chi connectivity index (χ1n) is 6.32. The second kappa shape index (κ2) is 8.14. The van der Waals surface area contributed by atoms with E-state index in [2.05, 4.69) is 15.3 Å². The third-order valence-electron chi connectivity index (χ3n) is 2.59. The summed E-state index contributed by atoms with van der Waals surface area (Å²) in [4.78, 5) is 8.27. The van der Waals surface area contributed by atoms with Crippen molar-refractivity contribution in [1.29, 1.82) is 0 Å². The van der Waals surface area contributed by atoms with E-state index in [1.54, 1.807) is 37.7 Å². The number of hydrogen-bond donors (Lipinski definition) is 1. The fourth-order valence-electron chi connectivity index (χ4n) is 1.55. The Morgan fingerprint density at radius 3 is 2.67 bits per heavy atom. The van der Waals surface area contributed by atoms with E-state index >= 15 is 0 Å². The number of benzene rings is 1. The van der Waals surface area contributed by atoms with Gasteiger partial charge in [-0.15, -0.1) is 0 Å². The van der Waals surface area contributed by atoms with Crippen LogP contribution in [0.5, 0.6) is 11.8 Å². The van der Waals surface area contributed by atoms with Crippen molar-refractivity contribution in [2.45, 2.75) is 6.54 Å². The Labute approximate surface area is 133 Å². The van der Waals surface area contributed by atoms with Crippen LogP contribution in [0.2, 0.25) is 10.0 Å². The fraction of sp³-hybridized carbons (Fsp3) is 0.286. The SMILES string of the molecule is COCCNCc1cnc(Oc2cc(Cl)ccc2Cl)nc1. The Morgan fingerprint density at radius 1 is 1.19 bits per heavy atom. The van der Waals surface area contributed by atoms with Gasteiger partial charge in [0.2, 0.25) is 0 Å². The molecular formula is C14H15Cl2N3O2. The topological polar surface area (TPSA) is 56.3 Å². The van der Waals surface area contributed by atoms with E-state index in [0.29, 0.717) is 28.9 Å². The molecule has 2 aromatic rings. The molecule has 0 atom stereocenters. The van der Waals surface area contributed by atoms with Crippen molar-refractivity contribution in [1.82, 2.24) is 15.3 Å². The zero-order valence-corrected chi connectivity index (χ0v) is 13.0. The lowest BCUT2D eigenvalue weighted by Gasteiger charge is -2.07. The summed E-state index contributed by atoms with van der Waals surface area (Å²) >= 11 is 11.9. The van der Waals surface area contributed by atoms with Gasteiger partial charge in [-0.2, -0.15) is 0 Å². The number of hydrogen-bond acceptors (Lipinski definition) is 5. The highest BCUT2D eigenvalue weighted by Crippen LogP contribution is 2.30. The molecule has 0 bridgehead atoms. The molecule has 0 unspecified atom stereocenters. The van der Waals surface area contributed by atoms with Gasteiger partial charge in [-0.3, -0.25) is 0 Å². The summed E-state index contributed by atoms with van der Waals surface area (Å²) in [6, 6.07) is 5.19. The van der Waals surface area contributed by atoms with Crippen molar-refractivity contribution >= 4 is 23.2 Å². The number of nitrogens with one attached hydrogen (secondary N) is 1. The fourth-order valence-corrected chi connectivity index (χ4v) is 1.87. The first-order chi connectivity index (χ1) is 10.2. The van der Waals surface area contributed by atoms with Crippen molar-refractivity contribution < 1.29 is 9.47 Å². The molecule has 1 aromatic carbocycles. The maximum Gasteiger partial charge on any atom is 0.321 e.